The molecule has 0 spiro atoms. The van der Waals surface area contributed by atoms with Crippen LogP contribution >= 0.6 is 0 Å². The molecule has 0 N–H and O–H groups in total. The van der Waals surface area contributed by atoms with Crippen molar-refractivity contribution in [3.8, 4) is 51.3 Å². The Kier molecular flexibility index (Phi) is 7.85. The molecule has 10 aromatic rings. The SMILES string of the molecule is [C-]#[N+]c1cc(-c2ccc(-n3c4ccccc4c4ccc(-c5ncccn5)cc43)c(C#N)c2-n2c3ccccc3c3ccc(-c4ncccn4)cc32)cc(C(F)(F)F)c1. The second kappa shape index (κ2) is 13.3. The van der Waals surface area contributed by atoms with Gasteiger partial charge in [0.05, 0.1) is 40.0 Å². The number of benzene rings is 6. The summed E-state index contributed by atoms with van der Waals surface area (Å²) >= 11 is 0. The summed E-state index contributed by atoms with van der Waals surface area (Å²) in [6.07, 6.45) is 1.93. The maximum atomic E-state index is 14.5. The summed E-state index contributed by atoms with van der Waals surface area (Å²) in [4.78, 5) is 21.3. The molecular formula is C47H25F3N8. The molecule has 0 radical (unpaired) electrons. The fraction of sp³-hybridized carbons (Fsp3) is 0.0213. The molecular weight excluding hydrogens is 734 g/mol. The first-order valence-corrected chi connectivity index (χ1v) is 18.1. The predicted molar refractivity (Wildman–Crippen MR) is 219 cm³/mol. The van der Waals surface area contributed by atoms with Gasteiger partial charge in [-0.05, 0) is 66.2 Å². The van der Waals surface area contributed by atoms with Crippen LogP contribution in [0.2, 0.25) is 0 Å². The van der Waals surface area contributed by atoms with Gasteiger partial charge in [-0.2, -0.15) is 18.4 Å². The number of rotatable bonds is 5. The van der Waals surface area contributed by atoms with Crippen molar-refractivity contribution in [1.82, 2.24) is 29.1 Å². The number of nitriles is 1. The number of aromatic nitrogens is 6. The van der Waals surface area contributed by atoms with Crippen LogP contribution in [0.3, 0.4) is 0 Å². The molecule has 0 fully saturated rings. The average Bonchev–Trinajstić information content (AvgIpc) is 3.77. The van der Waals surface area contributed by atoms with Crippen molar-refractivity contribution in [2.45, 2.75) is 6.18 Å². The van der Waals surface area contributed by atoms with Crippen LogP contribution in [0.5, 0.6) is 0 Å². The highest BCUT2D eigenvalue weighted by Crippen LogP contribution is 2.44. The molecule has 0 amide bonds. The van der Waals surface area contributed by atoms with Crippen LogP contribution in [0.25, 0.3) is 93.7 Å². The number of nitrogens with zero attached hydrogens (tertiary/aromatic N) is 8. The molecule has 4 aromatic heterocycles. The van der Waals surface area contributed by atoms with Gasteiger partial charge in [0.15, 0.2) is 17.3 Å². The number of fused-ring (bicyclic) bond motifs is 6. The third-order valence-electron chi connectivity index (χ3n) is 10.4. The first-order chi connectivity index (χ1) is 28.3. The monoisotopic (exact) mass is 758 g/mol. The van der Waals surface area contributed by atoms with Crippen LogP contribution in [-0.4, -0.2) is 29.1 Å². The van der Waals surface area contributed by atoms with Crippen molar-refractivity contribution < 1.29 is 13.2 Å². The summed E-state index contributed by atoms with van der Waals surface area (Å²) in [6.45, 7) is 7.73. The normalized spacial score (nSPS) is 11.7. The molecule has 0 aliphatic carbocycles. The van der Waals surface area contributed by atoms with Gasteiger partial charge >= 0.3 is 6.18 Å². The van der Waals surface area contributed by atoms with Crippen LogP contribution in [0.1, 0.15) is 11.1 Å². The van der Waals surface area contributed by atoms with Gasteiger partial charge < -0.3 is 9.13 Å². The molecule has 0 unspecified atom stereocenters. The van der Waals surface area contributed by atoms with E-state index in [1.54, 1.807) is 49.1 Å². The Balaban J connectivity index is 1.37. The summed E-state index contributed by atoms with van der Waals surface area (Å²) in [6, 6.07) is 40.2. The summed E-state index contributed by atoms with van der Waals surface area (Å²) in [5.41, 5.74) is 4.86. The molecule has 58 heavy (non-hydrogen) atoms. The van der Waals surface area contributed by atoms with Gasteiger partial charge in [-0.25, -0.2) is 24.8 Å². The molecule has 0 saturated carbocycles. The van der Waals surface area contributed by atoms with E-state index in [0.29, 0.717) is 39.7 Å². The first-order valence-electron chi connectivity index (χ1n) is 18.1. The van der Waals surface area contributed by atoms with Gasteiger partial charge in [-0.3, -0.25) is 0 Å². The number of halogens is 3. The Hall–Kier alpha value is -8.15. The fourth-order valence-electron chi connectivity index (χ4n) is 7.95. The Labute approximate surface area is 328 Å². The smallest absolute Gasteiger partial charge is 0.308 e. The number of hydrogen-bond donors (Lipinski definition) is 0. The van der Waals surface area contributed by atoms with Crippen molar-refractivity contribution in [2.24, 2.45) is 0 Å². The molecule has 0 atom stereocenters. The van der Waals surface area contributed by atoms with Crippen molar-refractivity contribution in [3.05, 3.63) is 175 Å². The minimum absolute atomic E-state index is 0.137. The topological polar surface area (TPSA) is 89.6 Å². The second-order valence-corrected chi connectivity index (χ2v) is 13.7. The zero-order valence-corrected chi connectivity index (χ0v) is 30.1. The second-order valence-electron chi connectivity index (χ2n) is 13.7. The molecule has 4 heterocycles. The largest absolute Gasteiger partial charge is 0.415 e. The van der Waals surface area contributed by atoms with Crippen molar-refractivity contribution in [2.75, 3.05) is 0 Å². The van der Waals surface area contributed by atoms with Crippen molar-refractivity contribution in [3.63, 3.8) is 0 Å². The summed E-state index contributed by atoms with van der Waals surface area (Å²) in [7, 11) is 0. The quantitative estimate of drug-likeness (QED) is 0.163. The van der Waals surface area contributed by atoms with E-state index in [-0.39, 0.29) is 16.8 Å². The van der Waals surface area contributed by atoms with Gasteiger partial charge in [0.2, 0.25) is 0 Å². The Morgan fingerprint density at radius 1 is 0.552 bits per heavy atom. The minimum Gasteiger partial charge on any atom is -0.308 e. The van der Waals surface area contributed by atoms with Gasteiger partial charge in [-0.1, -0.05) is 66.7 Å². The summed E-state index contributed by atoms with van der Waals surface area (Å²) < 4.78 is 47.3. The van der Waals surface area contributed by atoms with E-state index in [0.717, 1.165) is 55.8 Å². The van der Waals surface area contributed by atoms with Crippen LogP contribution in [0.15, 0.2) is 152 Å². The van der Waals surface area contributed by atoms with E-state index in [2.05, 4.69) is 30.9 Å². The van der Waals surface area contributed by atoms with E-state index in [1.807, 2.05) is 94.1 Å². The van der Waals surface area contributed by atoms with Crippen molar-refractivity contribution in [1.29, 1.82) is 5.26 Å². The lowest BCUT2D eigenvalue weighted by atomic mass is 9.96. The zero-order chi connectivity index (χ0) is 39.5. The van der Waals surface area contributed by atoms with E-state index < -0.39 is 11.7 Å². The third kappa shape index (κ3) is 5.45. The van der Waals surface area contributed by atoms with E-state index in [1.165, 1.54) is 6.07 Å². The molecule has 10 rings (SSSR count). The van der Waals surface area contributed by atoms with E-state index in [9.17, 15) is 18.4 Å². The van der Waals surface area contributed by atoms with Crippen LogP contribution in [0.4, 0.5) is 18.9 Å². The molecule has 0 saturated heterocycles. The van der Waals surface area contributed by atoms with Gasteiger partial charge in [0, 0.05) is 68.6 Å². The van der Waals surface area contributed by atoms with Gasteiger partial charge in [-0.15, -0.1) is 0 Å². The Morgan fingerprint density at radius 2 is 1.09 bits per heavy atom. The molecule has 0 bridgehead atoms. The summed E-state index contributed by atoms with van der Waals surface area (Å²) in [5.74, 6) is 1.01. The standard InChI is InChI=1S/C47H25F3N8/c1-52-32-23-30(22-31(26-32)47(48,49)50)33-16-17-41(57-39-10-4-2-8-34(39)36-14-12-28(24-42(36)57)45-53-18-6-19-54-45)38(27-51)44(33)58-40-11-5-3-9-35(40)37-15-13-29(25-43(37)58)46-55-20-7-21-56-46/h2-26H. The van der Waals surface area contributed by atoms with Gasteiger partial charge in [0.1, 0.15) is 11.6 Å². The molecule has 11 heteroatoms. The van der Waals surface area contributed by atoms with Crippen molar-refractivity contribution >= 4 is 49.3 Å². The van der Waals surface area contributed by atoms with Crippen LogP contribution in [-0.2, 0) is 6.18 Å². The fourth-order valence-corrected chi connectivity index (χ4v) is 7.95. The minimum atomic E-state index is -4.73. The first kappa shape index (κ1) is 34.3. The Bertz CT molecular complexity index is 3360. The molecule has 0 aliphatic heterocycles. The molecule has 0 aliphatic rings. The highest BCUT2D eigenvalue weighted by atomic mass is 19.4. The maximum Gasteiger partial charge on any atom is 0.415 e. The summed E-state index contributed by atoms with van der Waals surface area (Å²) in [5, 5.41) is 15.0. The third-order valence-corrected chi connectivity index (χ3v) is 10.4. The van der Waals surface area contributed by atoms with E-state index >= 15 is 0 Å². The highest BCUT2D eigenvalue weighted by Gasteiger charge is 2.32. The number of alkyl halides is 3. The predicted octanol–water partition coefficient (Wildman–Crippen LogP) is 11.9. The van der Waals surface area contributed by atoms with Crippen LogP contribution < -0.4 is 0 Å². The lowest BCUT2D eigenvalue weighted by molar-refractivity contribution is -0.137. The molecule has 8 nitrogen and oxygen atoms in total. The maximum absolute atomic E-state index is 14.5. The van der Waals surface area contributed by atoms with Gasteiger partial charge in [0.25, 0.3) is 0 Å². The number of para-hydroxylation sites is 2. The van der Waals surface area contributed by atoms with Crippen LogP contribution in [0, 0.1) is 17.9 Å². The molecule has 6 aromatic carbocycles. The lowest BCUT2D eigenvalue weighted by Crippen LogP contribution is -2.08. The molecule has 274 valence electrons. The lowest BCUT2D eigenvalue weighted by Gasteiger charge is -2.21. The average molecular weight is 759 g/mol. The number of hydrogen-bond acceptors (Lipinski definition) is 5. The zero-order valence-electron chi connectivity index (χ0n) is 30.1. The highest BCUT2D eigenvalue weighted by molar-refractivity contribution is 6.12. The Morgan fingerprint density at radius 3 is 1.64 bits per heavy atom. The van der Waals surface area contributed by atoms with E-state index in [4.69, 9.17) is 6.57 Å².